The zero-order valence-electron chi connectivity index (χ0n) is 25.8. The van der Waals surface area contributed by atoms with Crippen molar-refractivity contribution in [3.63, 3.8) is 0 Å². The maximum atomic E-state index is 14.5. The van der Waals surface area contributed by atoms with Crippen LogP contribution in [0.3, 0.4) is 0 Å². The minimum Gasteiger partial charge on any atom is -0.508 e. The van der Waals surface area contributed by atoms with Crippen LogP contribution in [-0.2, 0) is 22.4 Å². The summed E-state index contributed by atoms with van der Waals surface area (Å²) in [6.45, 7) is 6.48. The van der Waals surface area contributed by atoms with Crippen molar-refractivity contribution in [2.24, 2.45) is 28.6 Å². The van der Waals surface area contributed by atoms with Crippen molar-refractivity contribution >= 4 is 5.78 Å². The first-order valence-electron chi connectivity index (χ1n) is 15.9. The van der Waals surface area contributed by atoms with Crippen molar-refractivity contribution in [3.8, 4) is 22.6 Å². The van der Waals surface area contributed by atoms with Gasteiger partial charge in [0.25, 0.3) is 0 Å². The Labute approximate surface area is 260 Å². The number of phenols is 2. The van der Waals surface area contributed by atoms with Crippen LogP contribution in [0.2, 0.25) is 0 Å². The van der Waals surface area contributed by atoms with Gasteiger partial charge in [-0.15, -0.1) is 0 Å². The van der Waals surface area contributed by atoms with Crippen molar-refractivity contribution in [2.45, 2.75) is 64.1 Å². The molecule has 3 fully saturated rings. The summed E-state index contributed by atoms with van der Waals surface area (Å²) in [4.78, 5) is 14.5. The molecule has 3 aromatic carbocycles. The van der Waals surface area contributed by atoms with Crippen LogP contribution in [0.1, 0.15) is 62.1 Å². The van der Waals surface area contributed by atoms with Gasteiger partial charge >= 0.3 is 0 Å². The van der Waals surface area contributed by atoms with E-state index >= 15 is 0 Å². The van der Waals surface area contributed by atoms with Gasteiger partial charge in [-0.25, -0.2) is 0 Å². The second-order valence-corrected chi connectivity index (χ2v) is 13.4. The summed E-state index contributed by atoms with van der Waals surface area (Å²) in [5.41, 5.74) is 3.72. The van der Waals surface area contributed by atoms with E-state index in [4.69, 9.17) is 4.74 Å². The monoisotopic (exact) mass is 596 g/mol. The van der Waals surface area contributed by atoms with E-state index in [0.29, 0.717) is 19.3 Å². The average molecular weight is 597 g/mol. The molecule has 3 aliphatic carbocycles. The average Bonchev–Trinajstić information content (AvgIpc) is 3.70. The highest BCUT2D eigenvalue weighted by Crippen LogP contribution is 2.77. The number of aliphatic hydroxyl groups is 2. The summed E-state index contributed by atoms with van der Waals surface area (Å²) in [6, 6.07) is 20.7. The van der Waals surface area contributed by atoms with E-state index in [2.05, 4.69) is 19.6 Å². The molecule has 0 spiro atoms. The van der Waals surface area contributed by atoms with Crippen LogP contribution in [0.25, 0.3) is 11.1 Å². The molecule has 5 atom stereocenters. The maximum absolute atomic E-state index is 14.5. The molecule has 232 valence electrons. The number of hydrogen-bond donors (Lipinski definition) is 4. The highest BCUT2D eigenvalue weighted by atomic mass is 16.6. The number of benzene rings is 3. The van der Waals surface area contributed by atoms with E-state index in [0.717, 1.165) is 59.1 Å². The van der Waals surface area contributed by atoms with Crippen molar-refractivity contribution in [2.75, 3.05) is 13.7 Å². The molecule has 44 heavy (non-hydrogen) atoms. The smallest absolute Gasteiger partial charge is 0.185 e. The second-order valence-electron chi connectivity index (χ2n) is 13.4. The standard InChI is InChI=1S/C38H44O6/c1-24-35-30(23-39)22-37(38(35,43)44-3,36(24,2)31-9-4-5-10-31)34(42)18-13-25-7-6-8-27(19-25)28-14-15-29(33(41)21-28)20-26-11-16-32(40)17-12-26/h6-8,11-12,14-17,19,21,30-31,35,39-41,43H,1,4-5,9-10,13,18,20,22-23H2,2-3H3/t30-,35+,36+,37+,38-/m0/s1. The summed E-state index contributed by atoms with van der Waals surface area (Å²) in [7, 11) is 1.48. The Hall–Kier alpha value is -3.45. The largest absolute Gasteiger partial charge is 0.508 e. The fraction of sp³-hybridized carbons (Fsp3) is 0.447. The van der Waals surface area contributed by atoms with E-state index in [-0.39, 0.29) is 42.1 Å². The Morgan fingerprint density at radius 2 is 1.68 bits per heavy atom. The van der Waals surface area contributed by atoms with Crippen LogP contribution in [0.5, 0.6) is 11.5 Å². The predicted octanol–water partition coefficient (Wildman–Crippen LogP) is 6.57. The van der Waals surface area contributed by atoms with Gasteiger partial charge in [0, 0.05) is 37.9 Å². The molecule has 3 aliphatic rings. The van der Waals surface area contributed by atoms with Crippen molar-refractivity contribution in [1.82, 2.24) is 0 Å². The lowest BCUT2D eigenvalue weighted by Gasteiger charge is -2.51. The molecular weight excluding hydrogens is 552 g/mol. The Morgan fingerprint density at radius 3 is 2.34 bits per heavy atom. The first-order valence-corrected chi connectivity index (χ1v) is 15.9. The first kappa shape index (κ1) is 30.6. The number of methoxy groups -OCH3 is 1. The number of ether oxygens (including phenoxy) is 1. The number of fused-ring (bicyclic) bond motifs is 2. The Bertz CT molecular complexity index is 1560. The topological polar surface area (TPSA) is 107 Å². The molecule has 0 heterocycles. The number of rotatable bonds is 10. The molecule has 6 nitrogen and oxygen atoms in total. The maximum Gasteiger partial charge on any atom is 0.185 e. The van der Waals surface area contributed by atoms with Gasteiger partial charge in [-0.2, -0.15) is 0 Å². The van der Waals surface area contributed by atoms with Crippen LogP contribution in [-0.4, -0.2) is 45.7 Å². The van der Waals surface area contributed by atoms with Crippen LogP contribution >= 0.6 is 0 Å². The summed E-state index contributed by atoms with van der Waals surface area (Å²) >= 11 is 0. The molecule has 0 aliphatic heterocycles. The second kappa shape index (κ2) is 11.5. The van der Waals surface area contributed by atoms with Gasteiger partial charge < -0.3 is 25.2 Å². The van der Waals surface area contributed by atoms with Gasteiger partial charge in [-0.3, -0.25) is 4.79 Å². The lowest BCUT2D eigenvalue weighted by atomic mass is 9.52. The number of ketones is 1. The fourth-order valence-corrected chi connectivity index (χ4v) is 9.24. The van der Waals surface area contributed by atoms with E-state index in [1.165, 1.54) is 7.11 Å². The lowest BCUT2D eigenvalue weighted by molar-refractivity contribution is -0.258. The van der Waals surface area contributed by atoms with E-state index < -0.39 is 22.5 Å². The third-order valence-corrected chi connectivity index (χ3v) is 11.5. The number of Topliss-reactive ketones (excluding diaryl/α,β-unsaturated/α-hetero) is 1. The SMILES string of the molecule is C=C1[C@@H]2[C@H](CO)C[C@](C(=O)CCc3cccc(-c4ccc(Cc5ccc(O)cc5)c(O)c4)c3)([C@@]2(O)OC)[C@@]1(C)C1CCCC1. The van der Waals surface area contributed by atoms with Gasteiger partial charge in [0.15, 0.2) is 5.79 Å². The minimum absolute atomic E-state index is 0.0162. The number of aryl methyl sites for hydroxylation is 1. The number of carbonyl (C=O) groups excluding carboxylic acids is 1. The number of hydrogen-bond acceptors (Lipinski definition) is 6. The van der Waals surface area contributed by atoms with Crippen molar-refractivity contribution in [1.29, 1.82) is 0 Å². The minimum atomic E-state index is -1.69. The first-order chi connectivity index (χ1) is 21.1. The third kappa shape index (κ3) is 4.53. The van der Waals surface area contributed by atoms with Gasteiger partial charge in [0.2, 0.25) is 0 Å². The molecule has 6 heteroatoms. The van der Waals surface area contributed by atoms with E-state index in [1.807, 2.05) is 42.5 Å². The van der Waals surface area contributed by atoms with Crippen molar-refractivity contribution < 1.29 is 30.0 Å². The zero-order valence-corrected chi connectivity index (χ0v) is 25.8. The number of aromatic hydroxyl groups is 2. The van der Waals surface area contributed by atoms with E-state index in [1.54, 1.807) is 18.2 Å². The molecule has 3 aromatic rings. The zero-order chi connectivity index (χ0) is 31.3. The normalized spacial score (nSPS) is 29.9. The predicted molar refractivity (Wildman–Crippen MR) is 170 cm³/mol. The Balaban J connectivity index is 1.24. The molecule has 2 bridgehead atoms. The summed E-state index contributed by atoms with van der Waals surface area (Å²) in [6.07, 6.45) is 5.92. The molecular formula is C38H44O6. The van der Waals surface area contributed by atoms with Crippen LogP contribution in [0.15, 0.2) is 78.9 Å². The molecule has 6 rings (SSSR count). The Kier molecular flexibility index (Phi) is 7.98. The summed E-state index contributed by atoms with van der Waals surface area (Å²) in [5.74, 6) is -1.78. The van der Waals surface area contributed by atoms with E-state index in [9.17, 15) is 25.2 Å². The lowest BCUT2D eigenvalue weighted by Crippen LogP contribution is -2.57. The molecule has 3 saturated carbocycles. The van der Waals surface area contributed by atoms with Gasteiger partial charge in [-0.1, -0.05) is 80.4 Å². The number of aliphatic hydroxyl groups excluding tert-OH is 1. The Morgan fingerprint density at radius 1 is 0.977 bits per heavy atom. The summed E-state index contributed by atoms with van der Waals surface area (Å²) in [5, 5.41) is 42.8. The van der Waals surface area contributed by atoms with Crippen LogP contribution in [0.4, 0.5) is 0 Å². The summed E-state index contributed by atoms with van der Waals surface area (Å²) < 4.78 is 5.89. The number of carbonyl (C=O) groups is 1. The third-order valence-electron chi connectivity index (χ3n) is 11.5. The number of phenolic OH excluding ortho intramolecular Hbond substituents is 2. The van der Waals surface area contributed by atoms with Gasteiger partial charge in [0.05, 0.1) is 5.41 Å². The van der Waals surface area contributed by atoms with Crippen molar-refractivity contribution in [3.05, 3.63) is 95.6 Å². The molecule has 0 amide bonds. The van der Waals surface area contributed by atoms with Gasteiger partial charge in [0.1, 0.15) is 17.3 Å². The fourth-order valence-electron chi connectivity index (χ4n) is 9.24. The molecule has 0 saturated heterocycles. The van der Waals surface area contributed by atoms with Crippen LogP contribution in [0, 0.1) is 28.6 Å². The molecule has 0 aromatic heterocycles. The van der Waals surface area contributed by atoms with Crippen LogP contribution < -0.4 is 0 Å². The highest BCUT2D eigenvalue weighted by Gasteiger charge is 2.81. The van der Waals surface area contributed by atoms with Gasteiger partial charge in [-0.05, 0) is 83.5 Å². The molecule has 4 N–H and O–H groups in total. The quantitative estimate of drug-likeness (QED) is 0.156. The highest BCUT2D eigenvalue weighted by molar-refractivity contribution is 5.90. The molecule has 0 unspecified atom stereocenters. The molecule has 0 radical (unpaired) electrons.